The van der Waals surface area contributed by atoms with E-state index in [1.165, 1.54) is 13.2 Å². The minimum atomic E-state index is -0.867. The molecule has 0 heterocycles. The Labute approximate surface area is 119 Å². The first-order chi connectivity index (χ1) is 9.32. The Kier molecular flexibility index (Phi) is 5.51. The Hall–Kier alpha value is -1.62. The van der Waals surface area contributed by atoms with Crippen LogP contribution in [0.5, 0.6) is 5.75 Å². The molecule has 0 radical (unpaired) electrons. The maximum atomic E-state index is 13.6. The highest BCUT2D eigenvalue weighted by molar-refractivity contribution is 5.80. The standard InChI is InChI=1S/C15H22FNO3/c1-10-6-7-12(16)13(8-10)20-11(2)9-15(3,17-4)14(18)19-5/h6-8,11,17H,9H2,1-5H3. The molecule has 0 aliphatic carbocycles. The van der Waals surface area contributed by atoms with Crippen LogP contribution in [0.25, 0.3) is 0 Å². The van der Waals surface area contributed by atoms with Gasteiger partial charge in [-0.3, -0.25) is 4.79 Å². The highest BCUT2D eigenvalue weighted by Gasteiger charge is 2.35. The van der Waals surface area contributed by atoms with E-state index in [0.717, 1.165) is 5.56 Å². The molecule has 0 saturated carbocycles. The van der Waals surface area contributed by atoms with Gasteiger partial charge in [-0.2, -0.15) is 0 Å². The van der Waals surface area contributed by atoms with E-state index >= 15 is 0 Å². The van der Waals surface area contributed by atoms with Crippen molar-refractivity contribution in [3.63, 3.8) is 0 Å². The SMILES string of the molecule is CNC(C)(CC(C)Oc1cc(C)ccc1F)C(=O)OC. The number of aryl methyl sites for hydroxylation is 1. The number of esters is 1. The number of benzene rings is 1. The van der Waals surface area contributed by atoms with Crippen LogP contribution in [0.2, 0.25) is 0 Å². The van der Waals surface area contributed by atoms with Gasteiger partial charge in [-0.05, 0) is 45.5 Å². The van der Waals surface area contributed by atoms with Crippen molar-refractivity contribution < 1.29 is 18.7 Å². The molecule has 5 heteroatoms. The zero-order valence-corrected chi connectivity index (χ0v) is 12.6. The van der Waals surface area contributed by atoms with Crippen molar-refractivity contribution in [1.82, 2.24) is 5.32 Å². The predicted octanol–water partition coefficient (Wildman–Crippen LogP) is 2.44. The van der Waals surface area contributed by atoms with Gasteiger partial charge in [0, 0.05) is 6.42 Å². The maximum Gasteiger partial charge on any atom is 0.325 e. The molecule has 4 nitrogen and oxygen atoms in total. The van der Waals surface area contributed by atoms with E-state index < -0.39 is 11.4 Å². The van der Waals surface area contributed by atoms with E-state index in [1.54, 1.807) is 33.0 Å². The molecule has 0 aliphatic rings. The number of nitrogens with one attached hydrogen (secondary N) is 1. The molecular formula is C15H22FNO3. The van der Waals surface area contributed by atoms with Gasteiger partial charge < -0.3 is 14.8 Å². The molecule has 1 aromatic rings. The summed E-state index contributed by atoms with van der Waals surface area (Å²) in [6, 6.07) is 4.69. The van der Waals surface area contributed by atoms with Gasteiger partial charge in [0.15, 0.2) is 11.6 Å². The van der Waals surface area contributed by atoms with Gasteiger partial charge in [-0.25, -0.2) is 4.39 Å². The molecule has 1 N–H and O–H groups in total. The molecule has 0 aliphatic heterocycles. The minimum Gasteiger partial charge on any atom is -0.488 e. The second-order valence-corrected chi connectivity index (χ2v) is 5.14. The minimum absolute atomic E-state index is 0.195. The number of carbonyl (C=O) groups excluding carboxylic acids is 1. The van der Waals surface area contributed by atoms with E-state index in [9.17, 15) is 9.18 Å². The molecule has 1 aromatic carbocycles. The summed E-state index contributed by atoms with van der Waals surface area (Å²) in [5, 5.41) is 2.92. The number of rotatable bonds is 6. The topological polar surface area (TPSA) is 47.6 Å². The van der Waals surface area contributed by atoms with Gasteiger partial charge in [-0.15, -0.1) is 0 Å². The van der Waals surface area contributed by atoms with Gasteiger partial charge >= 0.3 is 5.97 Å². The number of carbonyl (C=O) groups is 1. The van der Waals surface area contributed by atoms with Crippen molar-refractivity contribution in [2.75, 3.05) is 14.2 Å². The van der Waals surface area contributed by atoms with Gasteiger partial charge in [0.1, 0.15) is 5.54 Å². The fourth-order valence-corrected chi connectivity index (χ4v) is 2.05. The van der Waals surface area contributed by atoms with Crippen molar-refractivity contribution in [2.24, 2.45) is 0 Å². The van der Waals surface area contributed by atoms with Gasteiger partial charge in [0.25, 0.3) is 0 Å². The van der Waals surface area contributed by atoms with Crippen LogP contribution < -0.4 is 10.1 Å². The second kappa shape index (κ2) is 6.70. The van der Waals surface area contributed by atoms with Crippen LogP contribution in [0.15, 0.2) is 18.2 Å². The van der Waals surface area contributed by atoms with Crippen molar-refractivity contribution in [2.45, 2.75) is 38.8 Å². The lowest BCUT2D eigenvalue weighted by Crippen LogP contribution is -2.50. The Morgan fingerprint density at radius 1 is 1.50 bits per heavy atom. The summed E-state index contributed by atoms with van der Waals surface area (Å²) in [5.74, 6) is -0.590. The molecule has 0 spiro atoms. The Balaban J connectivity index is 2.78. The van der Waals surface area contributed by atoms with Gasteiger partial charge in [0.05, 0.1) is 13.2 Å². The first-order valence-corrected chi connectivity index (χ1v) is 6.52. The molecule has 0 amide bonds. The summed E-state index contributed by atoms with van der Waals surface area (Å²) < 4.78 is 24.0. The number of hydrogen-bond acceptors (Lipinski definition) is 4. The monoisotopic (exact) mass is 283 g/mol. The Morgan fingerprint density at radius 3 is 2.70 bits per heavy atom. The van der Waals surface area contributed by atoms with E-state index in [4.69, 9.17) is 9.47 Å². The molecule has 0 fully saturated rings. The molecular weight excluding hydrogens is 261 g/mol. The smallest absolute Gasteiger partial charge is 0.325 e. The summed E-state index contributed by atoms with van der Waals surface area (Å²) in [6.45, 7) is 5.38. The normalized spacial score (nSPS) is 15.3. The van der Waals surface area contributed by atoms with Crippen LogP contribution in [0, 0.1) is 12.7 Å². The number of hydrogen-bond donors (Lipinski definition) is 1. The summed E-state index contributed by atoms with van der Waals surface area (Å²) in [5.41, 5.74) is 0.0482. The number of methoxy groups -OCH3 is 1. The zero-order valence-electron chi connectivity index (χ0n) is 12.6. The lowest BCUT2D eigenvalue weighted by atomic mass is 9.95. The number of halogens is 1. The average Bonchev–Trinajstić information content (AvgIpc) is 2.41. The maximum absolute atomic E-state index is 13.6. The number of likely N-dealkylation sites (N-methyl/N-ethyl adjacent to an activating group) is 1. The Bertz CT molecular complexity index is 478. The van der Waals surface area contributed by atoms with Crippen LogP contribution >= 0.6 is 0 Å². The van der Waals surface area contributed by atoms with Gasteiger partial charge in [-0.1, -0.05) is 6.07 Å². The second-order valence-electron chi connectivity index (χ2n) is 5.14. The molecule has 112 valence electrons. The first kappa shape index (κ1) is 16.4. The summed E-state index contributed by atoms with van der Waals surface area (Å²) >= 11 is 0. The van der Waals surface area contributed by atoms with Crippen LogP contribution in [0.4, 0.5) is 4.39 Å². The molecule has 0 aromatic heterocycles. The molecule has 0 saturated heterocycles. The molecule has 20 heavy (non-hydrogen) atoms. The fraction of sp³-hybridized carbons (Fsp3) is 0.533. The Morgan fingerprint density at radius 2 is 2.15 bits per heavy atom. The van der Waals surface area contributed by atoms with Crippen LogP contribution in [0.1, 0.15) is 25.8 Å². The van der Waals surface area contributed by atoms with Crippen molar-refractivity contribution in [1.29, 1.82) is 0 Å². The third kappa shape index (κ3) is 3.93. The van der Waals surface area contributed by atoms with Crippen LogP contribution in [-0.2, 0) is 9.53 Å². The lowest BCUT2D eigenvalue weighted by Gasteiger charge is -2.29. The third-order valence-corrected chi connectivity index (χ3v) is 3.30. The van der Waals surface area contributed by atoms with E-state index in [2.05, 4.69) is 5.32 Å². The van der Waals surface area contributed by atoms with Crippen LogP contribution in [-0.4, -0.2) is 31.8 Å². The first-order valence-electron chi connectivity index (χ1n) is 6.52. The average molecular weight is 283 g/mol. The van der Waals surface area contributed by atoms with Crippen molar-refractivity contribution in [3.05, 3.63) is 29.6 Å². The quantitative estimate of drug-likeness (QED) is 0.815. The molecule has 2 unspecified atom stereocenters. The third-order valence-electron chi connectivity index (χ3n) is 3.30. The molecule has 0 bridgehead atoms. The van der Waals surface area contributed by atoms with E-state index in [1.807, 2.05) is 6.92 Å². The van der Waals surface area contributed by atoms with E-state index in [-0.39, 0.29) is 17.8 Å². The van der Waals surface area contributed by atoms with Crippen LogP contribution in [0.3, 0.4) is 0 Å². The summed E-state index contributed by atoms with van der Waals surface area (Å²) in [7, 11) is 3.01. The fourth-order valence-electron chi connectivity index (χ4n) is 2.05. The lowest BCUT2D eigenvalue weighted by molar-refractivity contribution is -0.148. The predicted molar refractivity (Wildman–Crippen MR) is 75.3 cm³/mol. The molecule has 1 rings (SSSR count). The van der Waals surface area contributed by atoms with Gasteiger partial charge in [0.2, 0.25) is 0 Å². The zero-order chi connectivity index (χ0) is 15.3. The molecule has 2 atom stereocenters. The summed E-state index contributed by atoms with van der Waals surface area (Å²) in [4.78, 5) is 11.8. The number of ether oxygens (including phenoxy) is 2. The summed E-state index contributed by atoms with van der Waals surface area (Å²) in [6.07, 6.45) is 0.0201. The van der Waals surface area contributed by atoms with Crippen molar-refractivity contribution >= 4 is 5.97 Å². The van der Waals surface area contributed by atoms with E-state index in [0.29, 0.717) is 6.42 Å². The highest BCUT2D eigenvalue weighted by Crippen LogP contribution is 2.23. The highest BCUT2D eigenvalue weighted by atomic mass is 19.1. The largest absolute Gasteiger partial charge is 0.488 e. The van der Waals surface area contributed by atoms with Crippen molar-refractivity contribution in [3.8, 4) is 5.75 Å².